The summed E-state index contributed by atoms with van der Waals surface area (Å²) in [4.78, 5) is 15.7. The van der Waals surface area contributed by atoms with Gasteiger partial charge in [0, 0.05) is 24.5 Å². The van der Waals surface area contributed by atoms with Crippen LogP contribution in [0.25, 0.3) is 0 Å². The zero-order chi connectivity index (χ0) is 13.5. The molecule has 1 N–H and O–H groups in total. The molecule has 1 amide bonds. The second-order valence-corrected chi connectivity index (χ2v) is 6.66. The van der Waals surface area contributed by atoms with Crippen LogP contribution < -0.4 is 5.32 Å². The topological polar surface area (TPSA) is 41.6 Å². The number of amides is 1. The highest BCUT2D eigenvalue weighted by Crippen LogP contribution is 2.32. The van der Waals surface area contributed by atoms with E-state index in [2.05, 4.69) is 23.7 Å². The lowest BCUT2D eigenvalue weighted by molar-refractivity contribution is -0.148. The molecule has 0 aromatic carbocycles. The maximum Gasteiger partial charge on any atom is 0.249 e. The molecule has 3 rings (SSSR count). The molecule has 4 nitrogen and oxygen atoms in total. The van der Waals surface area contributed by atoms with Crippen molar-refractivity contribution in [2.75, 3.05) is 26.2 Å². The monoisotopic (exact) mass is 280 g/mol. The summed E-state index contributed by atoms with van der Waals surface area (Å²) in [7, 11) is 0. The molecule has 104 valence electrons. The number of carbonyl (C=O) groups excluding carboxylic acids is 1. The van der Waals surface area contributed by atoms with Crippen molar-refractivity contribution in [3.05, 3.63) is 21.9 Å². The van der Waals surface area contributed by atoms with Gasteiger partial charge in [0.1, 0.15) is 6.61 Å². The van der Waals surface area contributed by atoms with Gasteiger partial charge in [0.05, 0.1) is 11.6 Å². The van der Waals surface area contributed by atoms with Gasteiger partial charge in [0.25, 0.3) is 0 Å². The Morgan fingerprint density at radius 1 is 1.63 bits per heavy atom. The van der Waals surface area contributed by atoms with Gasteiger partial charge in [0.2, 0.25) is 5.91 Å². The number of nitrogens with zero attached hydrogens (tertiary/aromatic N) is 1. The summed E-state index contributed by atoms with van der Waals surface area (Å²) in [5.41, 5.74) is 1.16. The molecule has 1 atom stereocenters. The zero-order valence-electron chi connectivity index (χ0n) is 11.4. The predicted octanol–water partition coefficient (Wildman–Crippen LogP) is 1.57. The van der Waals surface area contributed by atoms with E-state index in [-0.39, 0.29) is 24.2 Å². The Labute approximate surface area is 117 Å². The number of nitrogens with one attached hydrogen (secondary N) is 1. The molecule has 1 fully saturated rings. The Kier molecular flexibility index (Phi) is 3.37. The van der Waals surface area contributed by atoms with E-state index in [1.54, 1.807) is 11.3 Å². The van der Waals surface area contributed by atoms with Crippen LogP contribution in [0, 0.1) is 0 Å². The minimum Gasteiger partial charge on any atom is -0.363 e. The Morgan fingerprint density at radius 3 is 3.11 bits per heavy atom. The average Bonchev–Trinajstić information content (AvgIpc) is 2.83. The highest BCUT2D eigenvalue weighted by Gasteiger charge is 2.35. The van der Waals surface area contributed by atoms with Gasteiger partial charge in [-0.1, -0.05) is 0 Å². The molecule has 5 heteroatoms. The number of hydrogen-bond donors (Lipinski definition) is 1. The van der Waals surface area contributed by atoms with Crippen LogP contribution in [0.4, 0.5) is 0 Å². The van der Waals surface area contributed by atoms with E-state index < -0.39 is 0 Å². The zero-order valence-corrected chi connectivity index (χ0v) is 12.3. The van der Waals surface area contributed by atoms with Gasteiger partial charge in [-0.05, 0) is 37.3 Å². The Hall–Kier alpha value is -0.910. The number of thiophene rings is 1. The quantitative estimate of drug-likeness (QED) is 0.914. The molecular weight excluding hydrogens is 260 g/mol. The lowest BCUT2D eigenvalue weighted by Crippen LogP contribution is -2.59. The summed E-state index contributed by atoms with van der Waals surface area (Å²) in [6, 6.07) is 2.32. The maximum atomic E-state index is 12.3. The minimum atomic E-state index is -0.151. The van der Waals surface area contributed by atoms with Crippen LogP contribution in [-0.2, 0) is 16.0 Å². The highest BCUT2D eigenvalue weighted by atomic mass is 32.1. The molecule has 1 saturated heterocycles. The number of ether oxygens (including phenoxy) is 1. The number of rotatable bonds is 3. The lowest BCUT2D eigenvalue weighted by atomic mass is 10.00. The standard InChI is InChI=1S/C14H20N2O2S/c1-10-11-4-6-19-12(11)3-5-16(10)13(17)7-18-14(2)8-15-9-14/h4,6,10,15H,3,5,7-9H2,1-2H3. The summed E-state index contributed by atoms with van der Waals surface area (Å²) in [5, 5.41) is 5.29. The molecule has 0 bridgehead atoms. The SMILES string of the molecule is CC1c2ccsc2CCN1C(=O)COC1(C)CNC1. The molecule has 0 saturated carbocycles. The molecule has 2 aliphatic heterocycles. The molecule has 1 unspecified atom stereocenters. The van der Waals surface area contributed by atoms with Gasteiger partial charge < -0.3 is 15.0 Å². The average molecular weight is 280 g/mol. The molecule has 0 spiro atoms. The van der Waals surface area contributed by atoms with E-state index in [0.717, 1.165) is 26.1 Å². The molecule has 1 aromatic rings. The third kappa shape index (κ3) is 2.42. The van der Waals surface area contributed by atoms with Crippen molar-refractivity contribution in [2.24, 2.45) is 0 Å². The van der Waals surface area contributed by atoms with Crippen LogP contribution in [0.5, 0.6) is 0 Å². The van der Waals surface area contributed by atoms with Gasteiger partial charge in [-0.3, -0.25) is 4.79 Å². The molecule has 2 aliphatic rings. The van der Waals surface area contributed by atoms with E-state index in [0.29, 0.717) is 0 Å². The Bertz CT molecular complexity index is 482. The molecule has 0 radical (unpaired) electrons. The summed E-state index contributed by atoms with van der Waals surface area (Å²) in [5.74, 6) is 0.109. The molecule has 0 aliphatic carbocycles. The summed E-state index contributed by atoms with van der Waals surface area (Å²) in [6.45, 7) is 6.84. The van der Waals surface area contributed by atoms with Crippen molar-refractivity contribution in [1.29, 1.82) is 0 Å². The smallest absolute Gasteiger partial charge is 0.249 e. The third-order valence-electron chi connectivity index (χ3n) is 4.14. The van der Waals surface area contributed by atoms with Crippen LogP contribution in [0.2, 0.25) is 0 Å². The number of hydrogen-bond acceptors (Lipinski definition) is 4. The fraction of sp³-hybridized carbons (Fsp3) is 0.643. The van der Waals surface area contributed by atoms with Crippen molar-refractivity contribution < 1.29 is 9.53 Å². The first-order chi connectivity index (χ1) is 9.09. The number of carbonyl (C=O) groups is 1. The van der Waals surface area contributed by atoms with Crippen molar-refractivity contribution in [2.45, 2.75) is 31.9 Å². The minimum absolute atomic E-state index is 0.109. The lowest BCUT2D eigenvalue weighted by Gasteiger charge is -2.40. The summed E-state index contributed by atoms with van der Waals surface area (Å²) >= 11 is 1.80. The van der Waals surface area contributed by atoms with Crippen LogP contribution >= 0.6 is 11.3 Å². The Balaban J connectivity index is 1.61. The molecular formula is C14H20N2O2S. The third-order valence-corrected chi connectivity index (χ3v) is 5.14. The largest absolute Gasteiger partial charge is 0.363 e. The van der Waals surface area contributed by atoms with E-state index in [9.17, 15) is 4.79 Å². The molecule has 19 heavy (non-hydrogen) atoms. The van der Waals surface area contributed by atoms with Gasteiger partial charge in [-0.15, -0.1) is 11.3 Å². The summed E-state index contributed by atoms with van der Waals surface area (Å²) < 4.78 is 5.75. The van der Waals surface area contributed by atoms with Gasteiger partial charge in [0.15, 0.2) is 0 Å². The van der Waals surface area contributed by atoms with E-state index >= 15 is 0 Å². The first kappa shape index (κ1) is 13.1. The second-order valence-electron chi connectivity index (χ2n) is 5.65. The van der Waals surface area contributed by atoms with E-state index in [4.69, 9.17) is 4.74 Å². The van der Waals surface area contributed by atoms with Crippen molar-refractivity contribution in [3.63, 3.8) is 0 Å². The molecule has 1 aromatic heterocycles. The van der Waals surface area contributed by atoms with Crippen molar-refractivity contribution in [3.8, 4) is 0 Å². The first-order valence-corrected chi connectivity index (χ1v) is 7.67. The molecule has 3 heterocycles. The predicted molar refractivity (Wildman–Crippen MR) is 75.4 cm³/mol. The van der Waals surface area contributed by atoms with Crippen LogP contribution in [0.3, 0.4) is 0 Å². The van der Waals surface area contributed by atoms with E-state index in [1.165, 1.54) is 10.4 Å². The maximum absolute atomic E-state index is 12.3. The van der Waals surface area contributed by atoms with Crippen molar-refractivity contribution in [1.82, 2.24) is 10.2 Å². The van der Waals surface area contributed by atoms with Crippen molar-refractivity contribution >= 4 is 17.2 Å². The van der Waals surface area contributed by atoms with Gasteiger partial charge in [-0.25, -0.2) is 0 Å². The van der Waals surface area contributed by atoms with Gasteiger partial charge >= 0.3 is 0 Å². The second kappa shape index (κ2) is 4.89. The van der Waals surface area contributed by atoms with Gasteiger partial charge in [-0.2, -0.15) is 0 Å². The van der Waals surface area contributed by atoms with Crippen LogP contribution in [-0.4, -0.2) is 42.6 Å². The normalized spacial score (nSPS) is 24.7. The fourth-order valence-electron chi connectivity index (χ4n) is 2.75. The highest BCUT2D eigenvalue weighted by molar-refractivity contribution is 7.10. The van der Waals surface area contributed by atoms with Crippen LogP contribution in [0.15, 0.2) is 11.4 Å². The Morgan fingerprint density at radius 2 is 2.42 bits per heavy atom. The number of fused-ring (bicyclic) bond motifs is 1. The summed E-state index contributed by atoms with van der Waals surface area (Å²) in [6.07, 6.45) is 0.974. The van der Waals surface area contributed by atoms with Crippen LogP contribution in [0.1, 0.15) is 30.3 Å². The van der Waals surface area contributed by atoms with E-state index in [1.807, 2.05) is 11.8 Å². The fourth-order valence-corrected chi connectivity index (χ4v) is 3.71. The first-order valence-electron chi connectivity index (χ1n) is 6.79.